The Hall–Kier alpha value is -2.13. The summed E-state index contributed by atoms with van der Waals surface area (Å²) in [4.78, 5) is 37.1. The molecule has 0 aromatic carbocycles. The number of rotatable bonds is 3. The standard InChI is InChI=1S/C13H19N3O6/c1-4-7-8(17)9(22-13(20)14-3)11(21-7)16-5-6(2)10(18)15-12(16)19/h5,7-9,11,17H,4H2,1-3H3,(H,14,20)(H,15,18,19)/t7-,8-,9-,11-/m1/s1/i4D/t4-,7-,8-,9-,11-. The number of carbonyl (C=O) groups excluding carboxylic acids is 1. The molecule has 0 radical (unpaired) electrons. The molecule has 1 aliphatic rings. The smallest absolute Gasteiger partial charge is 0.407 e. The third kappa shape index (κ3) is 2.90. The topological polar surface area (TPSA) is 123 Å². The first-order valence-corrected chi connectivity index (χ1v) is 6.72. The van der Waals surface area contributed by atoms with Gasteiger partial charge in [-0.25, -0.2) is 9.59 Å². The van der Waals surface area contributed by atoms with Gasteiger partial charge < -0.3 is 19.9 Å². The number of aromatic nitrogens is 2. The van der Waals surface area contributed by atoms with Crippen LogP contribution in [0.5, 0.6) is 0 Å². The van der Waals surface area contributed by atoms with Crippen molar-refractivity contribution >= 4 is 6.09 Å². The minimum Gasteiger partial charge on any atom is -0.439 e. The zero-order valence-corrected chi connectivity index (χ0v) is 12.4. The van der Waals surface area contributed by atoms with Gasteiger partial charge in [0.2, 0.25) is 0 Å². The van der Waals surface area contributed by atoms with E-state index in [-0.39, 0.29) is 5.56 Å². The molecule has 2 heterocycles. The highest BCUT2D eigenvalue weighted by molar-refractivity contribution is 5.67. The molecular formula is C13H19N3O6. The molecule has 0 spiro atoms. The fourth-order valence-corrected chi connectivity index (χ4v) is 2.26. The molecule has 9 nitrogen and oxygen atoms in total. The Kier molecular flexibility index (Phi) is 4.25. The molecule has 1 aromatic heterocycles. The number of hydrogen-bond acceptors (Lipinski definition) is 6. The Labute approximate surface area is 127 Å². The van der Waals surface area contributed by atoms with E-state index < -0.39 is 48.3 Å². The second-order valence-corrected chi connectivity index (χ2v) is 4.91. The van der Waals surface area contributed by atoms with Crippen LogP contribution in [-0.4, -0.2) is 46.1 Å². The van der Waals surface area contributed by atoms with Crippen LogP contribution in [0.3, 0.4) is 0 Å². The molecule has 2 rings (SSSR count). The average Bonchev–Trinajstić information content (AvgIpc) is 2.80. The largest absolute Gasteiger partial charge is 0.439 e. The number of nitrogens with one attached hydrogen (secondary N) is 2. The Bertz CT molecular complexity index is 700. The number of aromatic amines is 1. The minimum atomic E-state index is -1.29. The molecule has 1 saturated heterocycles. The summed E-state index contributed by atoms with van der Waals surface area (Å²) in [5, 5.41) is 12.5. The van der Waals surface area contributed by atoms with Gasteiger partial charge in [0.05, 0.1) is 6.10 Å². The summed E-state index contributed by atoms with van der Waals surface area (Å²) in [6, 6.07) is 0. The van der Waals surface area contributed by atoms with Crippen LogP contribution in [-0.2, 0) is 9.47 Å². The van der Waals surface area contributed by atoms with Crippen molar-refractivity contribution in [3.63, 3.8) is 0 Å². The van der Waals surface area contributed by atoms with Crippen molar-refractivity contribution in [2.75, 3.05) is 7.05 Å². The van der Waals surface area contributed by atoms with Gasteiger partial charge in [-0.3, -0.25) is 14.3 Å². The Morgan fingerprint density at radius 3 is 2.91 bits per heavy atom. The van der Waals surface area contributed by atoms with Crippen LogP contribution < -0.4 is 16.6 Å². The lowest BCUT2D eigenvalue weighted by Crippen LogP contribution is -2.42. The molecular weight excluding hydrogens is 294 g/mol. The van der Waals surface area contributed by atoms with Crippen molar-refractivity contribution < 1.29 is 20.7 Å². The highest BCUT2D eigenvalue weighted by Crippen LogP contribution is 2.32. The van der Waals surface area contributed by atoms with Crippen molar-refractivity contribution in [1.29, 1.82) is 0 Å². The van der Waals surface area contributed by atoms with Crippen molar-refractivity contribution in [2.45, 2.75) is 44.8 Å². The maximum Gasteiger partial charge on any atom is 0.407 e. The third-order valence-corrected chi connectivity index (χ3v) is 3.45. The van der Waals surface area contributed by atoms with Gasteiger partial charge in [0.1, 0.15) is 6.10 Å². The molecule has 1 aliphatic heterocycles. The minimum absolute atomic E-state index is 0.253. The van der Waals surface area contributed by atoms with E-state index in [1.165, 1.54) is 27.1 Å². The zero-order chi connectivity index (χ0) is 17.3. The second kappa shape index (κ2) is 6.32. The predicted molar refractivity (Wildman–Crippen MR) is 75.6 cm³/mol. The quantitative estimate of drug-likeness (QED) is 0.674. The summed E-state index contributed by atoms with van der Waals surface area (Å²) in [7, 11) is 1.35. The number of aliphatic hydroxyl groups excluding tert-OH is 1. The van der Waals surface area contributed by atoms with Crippen LogP contribution in [0, 0.1) is 6.92 Å². The van der Waals surface area contributed by atoms with Gasteiger partial charge in [-0.1, -0.05) is 6.92 Å². The van der Waals surface area contributed by atoms with Crippen molar-refractivity contribution in [2.24, 2.45) is 0 Å². The summed E-state index contributed by atoms with van der Waals surface area (Å²) in [5.41, 5.74) is -1.05. The molecule has 1 aromatic rings. The molecule has 3 N–H and O–H groups in total. The fourth-order valence-electron chi connectivity index (χ4n) is 2.26. The van der Waals surface area contributed by atoms with E-state index >= 15 is 0 Å². The van der Waals surface area contributed by atoms with Crippen molar-refractivity contribution in [1.82, 2.24) is 14.9 Å². The highest BCUT2D eigenvalue weighted by Gasteiger charge is 2.46. The molecule has 9 heteroatoms. The summed E-state index contributed by atoms with van der Waals surface area (Å²) in [6.45, 7) is 3.01. The fraction of sp³-hybridized carbons (Fsp3) is 0.615. The van der Waals surface area contributed by atoms with Crippen LogP contribution in [0.4, 0.5) is 4.79 Å². The number of carbonyl (C=O) groups is 1. The van der Waals surface area contributed by atoms with Crippen LogP contribution in [0.25, 0.3) is 0 Å². The first-order valence-electron chi connectivity index (χ1n) is 7.30. The summed E-state index contributed by atoms with van der Waals surface area (Å²) in [5.74, 6) is 0. The Morgan fingerprint density at radius 2 is 2.32 bits per heavy atom. The molecule has 1 amide bonds. The normalized spacial score (nSPS) is 29.7. The van der Waals surface area contributed by atoms with E-state index in [0.717, 1.165) is 4.57 Å². The second-order valence-electron chi connectivity index (χ2n) is 4.91. The van der Waals surface area contributed by atoms with Gasteiger partial charge in [-0.2, -0.15) is 0 Å². The van der Waals surface area contributed by atoms with Crippen molar-refractivity contribution in [3.8, 4) is 0 Å². The predicted octanol–water partition coefficient (Wildman–Crippen LogP) is -0.762. The lowest BCUT2D eigenvalue weighted by Gasteiger charge is -2.22. The van der Waals surface area contributed by atoms with E-state index in [4.69, 9.17) is 10.8 Å². The number of aliphatic hydroxyl groups is 1. The molecule has 5 atom stereocenters. The zero-order valence-electron chi connectivity index (χ0n) is 13.4. The molecule has 122 valence electrons. The molecule has 22 heavy (non-hydrogen) atoms. The highest BCUT2D eigenvalue weighted by atomic mass is 16.6. The molecule has 0 bridgehead atoms. The lowest BCUT2D eigenvalue weighted by molar-refractivity contribution is -0.0447. The van der Waals surface area contributed by atoms with Gasteiger partial charge in [-0.05, 0) is 13.3 Å². The van der Waals surface area contributed by atoms with E-state index in [1.54, 1.807) is 0 Å². The van der Waals surface area contributed by atoms with Crippen LogP contribution >= 0.6 is 0 Å². The maximum absolute atomic E-state index is 12.0. The number of nitrogens with zero attached hydrogens (tertiary/aromatic N) is 1. The number of hydrogen-bond donors (Lipinski definition) is 3. The van der Waals surface area contributed by atoms with Gasteiger partial charge in [0.15, 0.2) is 12.3 Å². The van der Waals surface area contributed by atoms with Gasteiger partial charge in [0, 0.05) is 20.2 Å². The van der Waals surface area contributed by atoms with Crippen LogP contribution in [0.15, 0.2) is 15.8 Å². The van der Waals surface area contributed by atoms with Gasteiger partial charge >= 0.3 is 11.8 Å². The number of ether oxygens (including phenoxy) is 2. The summed E-state index contributed by atoms with van der Waals surface area (Å²) < 4.78 is 19.4. The van der Waals surface area contributed by atoms with E-state index in [1.807, 2.05) is 0 Å². The maximum atomic E-state index is 12.0. The van der Waals surface area contributed by atoms with E-state index in [9.17, 15) is 19.5 Å². The third-order valence-electron chi connectivity index (χ3n) is 3.45. The van der Waals surface area contributed by atoms with E-state index in [0.29, 0.717) is 0 Å². The monoisotopic (exact) mass is 314 g/mol. The number of amides is 1. The average molecular weight is 314 g/mol. The first-order chi connectivity index (χ1) is 10.8. The molecule has 0 unspecified atom stereocenters. The number of alkyl carbamates (subject to hydrolysis) is 1. The number of H-pyrrole nitrogens is 1. The SMILES string of the molecule is [2H][C@H](C)[C@H]1O[C@@H](n2cc(C)c(=O)[nH]c2=O)[C@H](OC(=O)NC)[C@@H]1O. The molecule has 0 saturated carbocycles. The Morgan fingerprint density at radius 1 is 1.64 bits per heavy atom. The van der Waals surface area contributed by atoms with Gasteiger partial charge in [-0.15, -0.1) is 0 Å². The lowest BCUT2D eigenvalue weighted by atomic mass is 10.1. The summed E-state index contributed by atoms with van der Waals surface area (Å²) in [6.07, 6.45) is -4.95. The summed E-state index contributed by atoms with van der Waals surface area (Å²) >= 11 is 0. The van der Waals surface area contributed by atoms with Crippen LogP contribution in [0.1, 0.15) is 26.5 Å². The van der Waals surface area contributed by atoms with E-state index in [2.05, 4.69) is 10.3 Å². The number of aryl methyl sites for hydroxylation is 1. The molecule has 0 aliphatic carbocycles. The van der Waals surface area contributed by atoms with Crippen molar-refractivity contribution in [3.05, 3.63) is 32.6 Å². The van der Waals surface area contributed by atoms with Gasteiger partial charge in [0.25, 0.3) is 5.56 Å². The Balaban J connectivity index is 2.44. The van der Waals surface area contributed by atoms with Crippen LogP contribution in [0.2, 0.25) is 0 Å². The molecule has 1 fully saturated rings. The first kappa shape index (κ1) is 14.8.